The summed E-state index contributed by atoms with van der Waals surface area (Å²) in [6.45, 7) is 3.60. The number of sulfonamides is 1. The van der Waals surface area contributed by atoms with Crippen molar-refractivity contribution in [1.29, 1.82) is 0 Å². The number of benzene rings is 3. The molecule has 4 nitrogen and oxygen atoms in total. The Morgan fingerprint density at radius 3 is 2.14 bits per heavy atom. The SMILES string of the molecule is COc1ccc(CN(c2ccc(C)c(F)c2)S(=O)(=O)c2ccc(C)cc2)cc1. The van der Waals surface area contributed by atoms with E-state index in [2.05, 4.69) is 0 Å². The van der Waals surface area contributed by atoms with Crippen LogP contribution in [0.25, 0.3) is 0 Å². The van der Waals surface area contributed by atoms with E-state index in [-0.39, 0.29) is 17.1 Å². The summed E-state index contributed by atoms with van der Waals surface area (Å²) in [7, 11) is -2.31. The Bertz CT molecular complexity index is 1060. The van der Waals surface area contributed by atoms with Gasteiger partial charge in [-0.05, 0) is 61.4 Å². The highest BCUT2D eigenvalue weighted by atomic mass is 32.2. The van der Waals surface area contributed by atoms with Gasteiger partial charge in [0, 0.05) is 0 Å². The molecule has 3 rings (SSSR count). The van der Waals surface area contributed by atoms with E-state index in [1.54, 1.807) is 74.7 Å². The van der Waals surface area contributed by atoms with Crippen molar-refractivity contribution >= 4 is 15.7 Å². The molecule has 146 valence electrons. The van der Waals surface area contributed by atoms with E-state index in [0.717, 1.165) is 11.1 Å². The highest BCUT2D eigenvalue weighted by molar-refractivity contribution is 7.92. The van der Waals surface area contributed by atoms with Crippen molar-refractivity contribution in [1.82, 2.24) is 0 Å². The van der Waals surface area contributed by atoms with Gasteiger partial charge in [0.05, 0.1) is 24.2 Å². The zero-order chi connectivity index (χ0) is 20.3. The minimum Gasteiger partial charge on any atom is -0.497 e. The maximum absolute atomic E-state index is 14.2. The fourth-order valence-electron chi connectivity index (χ4n) is 2.79. The van der Waals surface area contributed by atoms with E-state index < -0.39 is 15.8 Å². The highest BCUT2D eigenvalue weighted by Crippen LogP contribution is 2.28. The second kappa shape index (κ2) is 8.02. The lowest BCUT2D eigenvalue weighted by Gasteiger charge is -2.25. The molecule has 0 aromatic heterocycles. The lowest BCUT2D eigenvalue weighted by molar-refractivity contribution is 0.414. The molecule has 0 aliphatic carbocycles. The normalized spacial score (nSPS) is 11.3. The van der Waals surface area contributed by atoms with Gasteiger partial charge in [-0.3, -0.25) is 4.31 Å². The van der Waals surface area contributed by atoms with E-state index in [1.165, 1.54) is 10.4 Å². The van der Waals surface area contributed by atoms with Crippen LogP contribution >= 0.6 is 0 Å². The second-order valence-electron chi connectivity index (χ2n) is 6.61. The molecule has 0 aliphatic rings. The summed E-state index contributed by atoms with van der Waals surface area (Å²) >= 11 is 0. The average Bonchev–Trinajstić information content (AvgIpc) is 2.69. The Balaban J connectivity index is 2.07. The molecule has 0 N–H and O–H groups in total. The number of halogens is 1. The van der Waals surface area contributed by atoms with Crippen LogP contribution in [0.5, 0.6) is 5.75 Å². The van der Waals surface area contributed by atoms with Crippen LogP contribution in [0.15, 0.2) is 71.6 Å². The van der Waals surface area contributed by atoms with Gasteiger partial charge in [0.2, 0.25) is 0 Å². The molecule has 0 aliphatic heterocycles. The van der Waals surface area contributed by atoms with E-state index >= 15 is 0 Å². The lowest BCUT2D eigenvalue weighted by Crippen LogP contribution is -2.30. The number of hydrogen-bond donors (Lipinski definition) is 0. The van der Waals surface area contributed by atoms with Crippen molar-refractivity contribution in [2.45, 2.75) is 25.3 Å². The molecule has 3 aromatic rings. The summed E-state index contributed by atoms with van der Waals surface area (Å²) in [6.07, 6.45) is 0. The molecule has 0 amide bonds. The average molecular weight is 399 g/mol. The van der Waals surface area contributed by atoms with E-state index in [9.17, 15) is 12.8 Å². The standard InChI is InChI=1S/C22H22FNO3S/c1-16-4-12-21(13-5-16)28(25,26)24(19-9-6-17(2)22(23)14-19)15-18-7-10-20(27-3)11-8-18/h4-14H,15H2,1-3H3. The van der Waals surface area contributed by atoms with E-state index in [4.69, 9.17) is 4.74 Å². The molecule has 0 bridgehead atoms. The van der Waals surface area contributed by atoms with Crippen molar-refractivity contribution in [2.75, 3.05) is 11.4 Å². The summed E-state index contributed by atoms with van der Waals surface area (Å²) in [6, 6.07) is 18.2. The summed E-state index contributed by atoms with van der Waals surface area (Å²) in [5.74, 6) is 0.231. The van der Waals surface area contributed by atoms with Gasteiger partial charge >= 0.3 is 0 Å². The molecule has 0 radical (unpaired) electrons. The number of rotatable bonds is 6. The molecule has 0 unspecified atom stereocenters. The summed E-state index contributed by atoms with van der Waals surface area (Å²) in [5, 5.41) is 0. The predicted molar refractivity (Wildman–Crippen MR) is 109 cm³/mol. The third kappa shape index (κ3) is 4.17. The van der Waals surface area contributed by atoms with Gasteiger partial charge in [-0.25, -0.2) is 12.8 Å². The van der Waals surface area contributed by atoms with Gasteiger partial charge in [-0.1, -0.05) is 35.9 Å². The lowest BCUT2D eigenvalue weighted by atomic mass is 10.2. The topological polar surface area (TPSA) is 46.6 Å². The van der Waals surface area contributed by atoms with Crippen LogP contribution in [0.1, 0.15) is 16.7 Å². The molecule has 28 heavy (non-hydrogen) atoms. The van der Waals surface area contributed by atoms with Crippen molar-refractivity contribution in [3.63, 3.8) is 0 Å². The smallest absolute Gasteiger partial charge is 0.264 e. The zero-order valence-electron chi connectivity index (χ0n) is 16.0. The van der Waals surface area contributed by atoms with Crippen molar-refractivity contribution in [3.05, 3.63) is 89.2 Å². The van der Waals surface area contributed by atoms with Crippen LogP contribution in [0.4, 0.5) is 10.1 Å². The summed E-state index contributed by atoms with van der Waals surface area (Å²) < 4.78 is 47.3. The van der Waals surface area contributed by atoms with Gasteiger partial charge < -0.3 is 4.74 Å². The van der Waals surface area contributed by atoms with Crippen molar-refractivity contribution in [2.24, 2.45) is 0 Å². The first-order valence-corrected chi connectivity index (χ1v) is 10.2. The number of aryl methyl sites for hydroxylation is 2. The minimum absolute atomic E-state index is 0.0721. The molecule has 0 heterocycles. The van der Waals surface area contributed by atoms with Crippen LogP contribution < -0.4 is 9.04 Å². The zero-order valence-corrected chi connectivity index (χ0v) is 16.8. The number of anilines is 1. The van der Waals surface area contributed by atoms with Crippen molar-refractivity contribution in [3.8, 4) is 5.75 Å². The maximum Gasteiger partial charge on any atom is 0.264 e. The third-order valence-corrected chi connectivity index (χ3v) is 6.33. The van der Waals surface area contributed by atoms with Gasteiger partial charge in [-0.2, -0.15) is 0 Å². The van der Waals surface area contributed by atoms with Crippen LogP contribution in [-0.2, 0) is 16.6 Å². The number of methoxy groups -OCH3 is 1. The first-order chi connectivity index (χ1) is 13.3. The van der Waals surface area contributed by atoms with Crippen LogP contribution in [0.3, 0.4) is 0 Å². The van der Waals surface area contributed by atoms with Crippen molar-refractivity contribution < 1.29 is 17.5 Å². The Kier molecular flexibility index (Phi) is 5.70. The molecule has 3 aromatic carbocycles. The molecule has 0 atom stereocenters. The monoisotopic (exact) mass is 399 g/mol. The molecule has 0 saturated carbocycles. The quantitative estimate of drug-likeness (QED) is 0.595. The van der Waals surface area contributed by atoms with Crippen LogP contribution in [0, 0.1) is 19.7 Å². The first kappa shape index (κ1) is 19.9. The fraction of sp³-hybridized carbons (Fsp3) is 0.182. The summed E-state index contributed by atoms with van der Waals surface area (Å²) in [4.78, 5) is 0.160. The van der Waals surface area contributed by atoms with E-state index in [1.807, 2.05) is 6.92 Å². The first-order valence-electron chi connectivity index (χ1n) is 8.80. The van der Waals surface area contributed by atoms with Gasteiger partial charge in [0.15, 0.2) is 0 Å². The third-order valence-electron chi connectivity index (χ3n) is 4.54. The minimum atomic E-state index is -3.88. The second-order valence-corrected chi connectivity index (χ2v) is 8.47. The fourth-order valence-corrected chi connectivity index (χ4v) is 4.23. The largest absolute Gasteiger partial charge is 0.497 e. The maximum atomic E-state index is 14.2. The van der Waals surface area contributed by atoms with Gasteiger partial charge in [-0.15, -0.1) is 0 Å². The Hall–Kier alpha value is -2.86. The molecular formula is C22H22FNO3S. The molecule has 0 saturated heterocycles. The molecular weight excluding hydrogens is 377 g/mol. The molecule has 0 spiro atoms. The number of nitrogens with zero attached hydrogens (tertiary/aromatic N) is 1. The van der Waals surface area contributed by atoms with Gasteiger partial charge in [0.1, 0.15) is 11.6 Å². The Labute approximate surface area is 165 Å². The number of hydrogen-bond acceptors (Lipinski definition) is 3. The highest BCUT2D eigenvalue weighted by Gasteiger charge is 2.26. The number of ether oxygens (including phenoxy) is 1. The van der Waals surface area contributed by atoms with Crippen LogP contribution in [0.2, 0.25) is 0 Å². The molecule has 6 heteroatoms. The van der Waals surface area contributed by atoms with Crippen LogP contribution in [-0.4, -0.2) is 15.5 Å². The predicted octanol–water partition coefficient (Wildman–Crippen LogP) is 4.85. The van der Waals surface area contributed by atoms with Gasteiger partial charge in [0.25, 0.3) is 10.0 Å². The Morgan fingerprint density at radius 2 is 1.57 bits per heavy atom. The summed E-state index contributed by atoms with van der Waals surface area (Å²) in [5.41, 5.74) is 2.46. The molecule has 0 fully saturated rings. The van der Waals surface area contributed by atoms with E-state index in [0.29, 0.717) is 11.3 Å². The Morgan fingerprint density at radius 1 is 0.929 bits per heavy atom.